The molecule has 0 amide bonds. The number of rotatable bonds is 6. The quantitative estimate of drug-likeness (QED) is 0.763. The van der Waals surface area contributed by atoms with Crippen LogP contribution < -0.4 is 5.32 Å². The predicted molar refractivity (Wildman–Crippen MR) is 100 cm³/mol. The van der Waals surface area contributed by atoms with Crippen LogP contribution in [0.25, 0.3) is 11.0 Å². The third-order valence-electron chi connectivity index (χ3n) is 4.96. The molecule has 3 rings (SSSR count). The molecule has 0 bridgehead atoms. The molecule has 2 N–H and O–H groups in total. The summed E-state index contributed by atoms with van der Waals surface area (Å²) in [5.41, 5.74) is 0.614. The minimum absolute atomic E-state index is 0.255. The van der Waals surface area contributed by atoms with Crippen LogP contribution in [0.2, 0.25) is 0 Å². The van der Waals surface area contributed by atoms with Crippen LogP contribution in [0.5, 0.6) is 0 Å². The maximum atomic E-state index is 8.97. The second kappa shape index (κ2) is 8.17. The van der Waals surface area contributed by atoms with Crippen LogP contribution >= 0.6 is 15.9 Å². The van der Waals surface area contributed by atoms with Crippen molar-refractivity contribution in [1.82, 2.24) is 9.88 Å². The summed E-state index contributed by atoms with van der Waals surface area (Å²) in [4.78, 5) is 6.81. The van der Waals surface area contributed by atoms with E-state index in [0.717, 1.165) is 54.3 Å². The molecule has 0 aliphatic heterocycles. The number of nitriles is 1. The first-order valence-electron chi connectivity index (χ1n) is 8.68. The lowest BCUT2D eigenvalue weighted by molar-refractivity contribution is 0.169. The fourth-order valence-corrected chi connectivity index (χ4v) is 4.02. The number of fused-ring (bicyclic) bond motifs is 1. The van der Waals surface area contributed by atoms with Gasteiger partial charge < -0.3 is 19.7 Å². The molecule has 1 saturated carbocycles. The van der Waals surface area contributed by atoms with Gasteiger partial charge in [-0.25, -0.2) is 4.98 Å². The Hall–Kier alpha value is -1.62. The summed E-state index contributed by atoms with van der Waals surface area (Å²) in [6.45, 7) is 1.20. The first-order chi connectivity index (χ1) is 12.1. The Kier molecular flexibility index (Phi) is 5.94. The van der Waals surface area contributed by atoms with Crippen LogP contribution in [0.1, 0.15) is 37.9 Å². The number of nitrogens with one attached hydrogen (secondary N) is 1. The van der Waals surface area contributed by atoms with Crippen molar-refractivity contribution in [3.05, 3.63) is 22.5 Å². The van der Waals surface area contributed by atoms with Gasteiger partial charge in [0.25, 0.3) is 0 Å². The van der Waals surface area contributed by atoms with E-state index >= 15 is 0 Å². The van der Waals surface area contributed by atoms with Crippen LogP contribution in [-0.2, 0) is 0 Å². The molecule has 6 nitrogen and oxygen atoms in total. The largest absolute Gasteiger partial charge is 0.444 e. The molecule has 0 unspecified atom stereocenters. The Morgan fingerprint density at radius 2 is 2.20 bits per heavy atom. The number of pyridine rings is 1. The van der Waals surface area contributed by atoms with Gasteiger partial charge >= 0.3 is 0 Å². The van der Waals surface area contributed by atoms with Crippen molar-refractivity contribution in [2.45, 2.75) is 44.2 Å². The summed E-state index contributed by atoms with van der Waals surface area (Å²) < 4.78 is 6.26. The van der Waals surface area contributed by atoms with Crippen molar-refractivity contribution >= 4 is 32.7 Å². The van der Waals surface area contributed by atoms with Crippen LogP contribution in [-0.4, -0.2) is 47.3 Å². The monoisotopic (exact) mass is 406 g/mol. The normalized spacial score (nSPS) is 20.8. The number of nitrogens with zero attached hydrogens (tertiary/aromatic N) is 3. The van der Waals surface area contributed by atoms with Gasteiger partial charge in [0, 0.05) is 36.7 Å². The third-order valence-corrected chi connectivity index (χ3v) is 5.76. The number of halogens is 1. The first-order valence-corrected chi connectivity index (χ1v) is 9.47. The minimum Gasteiger partial charge on any atom is -0.444 e. The van der Waals surface area contributed by atoms with Gasteiger partial charge in [0.2, 0.25) is 5.76 Å². The maximum Gasteiger partial charge on any atom is 0.204 e. The van der Waals surface area contributed by atoms with Crippen molar-refractivity contribution in [3.63, 3.8) is 0 Å². The molecule has 0 aromatic carbocycles. The van der Waals surface area contributed by atoms with Crippen molar-refractivity contribution in [2.75, 3.05) is 25.5 Å². The molecule has 2 aromatic rings. The van der Waals surface area contributed by atoms with Gasteiger partial charge in [-0.3, -0.25) is 0 Å². The van der Waals surface area contributed by atoms with E-state index in [4.69, 9.17) is 14.8 Å². The van der Waals surface area contributed by atoms with E-state index in [9.17, 15) is 0 Å². The molecule has 7 heteroatoms. The first kappa shape index (κ1) is 18.2. The highest BCUT2D eigenvalue weighted by Gasteiger charge is 2.24. The average molecular weight is 407 g/mol. The van der Waals surface area contributed by atoms with E-state index in [2.05, 4.69) is 38.2 Å². The highest BCUT2D eigenvalue weighted by Crippen LogP contribution is 2.33. The van der Waals surface area contributed by atoms with Gasteiger partial charge in [0.15, 0.2) is 5.58 Å². The van der Waals surface area contributed by atoms with E-state index in [0.29, 0.717) is 23.4 Å². The molecular formula is C18H23BrN4O2. The van der Waals surface area contributed by atoms with E-state index < -0.39 is 0 Å². The number of aliphatic hydroxyl groups is 1. The van der Waals surface area contributed by atoms with Crippen LogP contribution in [0.3, 0.4) is 0 Å². The number of hydrogen-bond donors (Lipinski definition) is 2. The average Bonchev–Trinajstić information content (AvgIpc) is 3.07. The Balaban J connectivity index is 1.61. The number of aliphatic hydroxyl groups excluding tert-OH is 1. The molecular weight excluding hydrogens is 384 g/mol. The molecule has 134 valence electrons. The van der Waals surface area contributed by atoms with E-state index in [-0.39, 0.29) is 6.61 Å². The zero-order valence-electron chi connectivity index (χ0n) is 14.3. The summed E-state index contributed by atoms with van der Waals surface area (Å²) in [6, 6.07) is 4.74. The molecule has 0 radical (unpaired) electrons. The Morgan fingerprint density at radius 1 is 1.44 bits per heavy atom. The summed E-state index contributed by atoms with van der Waals surface area (Å²) in [5.74, 6) is 1.09. The van der Waals surface area contributed by atoms with Gasteiger partial charge in [0.1, 0.15) is 11.9 Å². The molecule has 2 heterocycles. The summed E-state index contributed by atoms with van der Waals surface area (Å²) in [5, 5.41) is 22.3. The Morgan fingerprint density at radius 3 is 2.88 bits per heavy atom. The SMILES string of the molecule is CN(CCCO)C1CCC(Nc2ncc3oc(C#N)cc3c2Br)CC1. The third kappa shape index (κ3) is 4.14. The zero-order chi connectivity index (χ0) is 17.8. The van der Waals surface area contributed by atoms with E-state index in [1.807, 2.05) is 6.07 Å². The highest BCUT2D eigenvalue weighted by molar-refractivity contribution is 9.10. The lowest BCUT2D eigenvalue weighted by Gasteiger charge is -2.35. The van der Waals surface area contributed by atoms with Gasteiger partial charge in [-0.1, -0.05) is 0 Å². The van der Waals surface area contributed by atoms with Gasteiger partial charge in [0.05, 0.1) is 10.7 Å². The molecule has 2 aromatic heterocycles. The lowest BCUT2D eigenvalue weighted by Crippen LogP contribution is -2.39. The topological polar surface area (TPSA) is 85.3 Å². The smallest absolute Gasteiger partial charge is 0.204 e. The predicted octanol–water partition coefficient (Wildman–Crippen LogP) is 3.50. The van der Waals surface area contributed by atoms with Crippen molar-refractivity contribution < 1.29 is 9.52 Å². The van der Waals surface area contributed by atoms with E-state index in [1.165, 1.54) is 0 Å². The summed E-state index contributed by atoms with van der Waals surface area (Å²) >= 11 is 3.59. The number of anilines is 1. The number of hydrogen-bond acceptors (Lipinski definition) is 6. The molecule has 25 heavy (non-hydrogen) atoms. The molecule has 0 saturated heterocycles. The Bertz CT molecular complexity index is 762. The van der Waals surface area contributed by atoms with Gasteiger partial charge in [-0.15, -0.1) is 0 Å². The molecule has 0 atom stereocenters. The fraction of sp³-hybridized carbons (Fsp3) is 0.556. The van der Waals surface area contributed by atoms with Crippen LogP contribution in [0.4, 0.5) is 5.82 Å². The van der Waals surface area contributed by atoms with Crippen molar-refractivity contribution in [3.8, 4) is 6.07 Å². The molecule has 1 aliphatic carbocycles. The summed E-state index contributed by atoms with van der Waals surface area (Å²) in [6.07, 6.45) is 6.97. The van der Waals surface area contributed by atoms with Crippen LogP contribution in [0, 0.1) is 11.3 Å². The maximum absolute atomic E-state index is 8.97. The molecule has 1 aliphatic rings. The second-order valence-electron chi connectivity index (χ2n) is 6.63. The molecule has 0 spiro atoms. The number of furan rings is 1. The second-order valence-corrected chi connectivity index (χ2v) is 7.42. The van der Waals surface area contributed by atoms with Gasteiger partial charge in [-0.05, 0) is 55.1 Å². The highest BCUT2D eigenvalue weighted by atomic mass is 79.9. The molecule has 1 fully saturated rings. The standard InChI is InChI=1S/C18H23BrN4O2/c1-23(7-2-8-24)13-5-3-12(4-6-13)22-18-17(19)15-9-14(10-20)25-16(15)11-21-18/h9,11-13,24H,2-8H2,1H3,(H,21,22). The number of aromatic nitrogens is 1. The van der Waals surface area contributed by atoms with Gasteiger partial charge in [-0.2, -0.15) is 5.26 Å². The Labute approximate surface area is 155 Å². The summed E-state index contributed by atoms with van der Waals surface area (Å²) in [7, 11) is 2.14. The van der Waals surface area contributed by atoms with E-state index in [1.54, 1.807) is 12.3 Å². The fourth-order valence-electron chi connectivity index (χ4n) is 3.49. The van der Waals surface area contributed by atoms with Crippen LogP contribution in [0.15, 0.2) is 21.2 Å². The van der Waals surface area contributed by atoms with Crippen molar-refractivity contribution in [1.29, 1.82) is 5.26 Å². The minimum atomic E-state index is 0.255. The lowest BCUT2D eigenvalue weighted by atomic mass is 9.90. The zero-order valence-corrected chi connectivity index (χ0v) is 15.9. The van der Waals surface area contributed by atoms with Crippen molar-refractivity contribution in [2.24, 2.45) is 0 Å².